The SMILES string of the molecule is O=C([C@@H]1O[C@@H]1c1cccc(Br)c1)[C@@H]1O[C@H]1c1ccccc1. The Hall–Kier alpha value is -1.49. The molecule has 0 bridgehead atoms. The number of epoxide rings is 2. The van der Waals surface area contributed by atoms with Gasteiger partial charge in [0.05, 0.1) is 0 Å². The molecule has 0 aromatic heterocycles. The quantitative estimate of drug-likeness (QED) is 0.796. The Bertz CT molecular complexity index is 685. The van der Waals surface area contributed by atoms with E-state index in [2.05, 4.69) is 15.9 Å². The minimum absolute atomic E-state index is 0.0498. The topological polar surface area (TPSA) is 42.1 Å². The van der Waals surface area contributed by atoms with Crippen LogP contribution in [0.5, 0.6) is 0 Å². The third kappa shape index (κ3) is 2.55. The minimum atomic E-state index is -0.363. The molecule has 21 heavy (non-hydrogen) atoms. The molecule has 106 valence electrons. The number of carbonyl (C=O) groups is 1. The number of rotatable bonds is 4. The Balaban J connectivity index is 1.42. The van der Waals surface area contributed by atoms with Gasteiger partial charge in [-0.3, -0.25) is 4.79 Å². The van der Waals surface area contributed by atoms with Crippen molar-refractivity contribution in [3.8, 4) is 0 Å². The van der Waals surface area contributed by atoms with Gasteiger partial charge in [0.15, 0.2) is 5.78 Å². The Morgan fingerprint density at radius 2 is 1.48 bits per heavy atom. The Morgan fingerprint density at radius 1 is 0.857 bits per heavy atom. The summed E-state index contributed by atoms with van der Waals surface area (Å²) in [6.45, 7) is 0. The van der Waals surface area contributed by atoms with E-state index >= 15 is 0 Å². The molecule has 4 heteroatoms. The summed E-state index contributed by atoms with van der Waals surface area (Å²) in [6.07, 6.45) is -0.950. The molecule has 0 spiro atoms. The Morgan fingerprint density at radius 3 is 2.14 bits per heavy atom. The van der Waals surface area contributed by atoms with Crippen molar-refractivity contribution in [1.82, 2.24) is 0 Å². The summed E-state index contributed by atoms with van der Waals surface area (Å²) in [7, 11) is 0. The van der Waals surface area contributed by atoms with Crippen LogP contribution in [0.25, 0.3) is 0 Å². The molecule has 0 radical (unpaired) electrons. The summed E-state index contributed by atoms with van der Waals surface area (Å²) in [5, 5.41) is 0. The number of carbonyl (C=O) groups excluding carboxylic acids is 1. The highest BCUT2D eigenvalue weighted by Crippen LogP contribution is 2.47. The van der Waals surface area contributed by atoms with Gasteiger partial charge in [-0.25, -0.2) is 0 Å². The second kappa shape index (κ2) is 5.05. The van der Waals surface area contributed by atoms with E-state index < -0.39 is 0 Å². The van der Waals surface area contributed by atoms with Crippen LogP contribution in [-0.4, -0.2) is 18.0 Å². The molecule has 0 N–H and O–H groups in total. The number of ketones is 1. The smallest absolute Gasteiger partial charge is 0.196 e. The molecule has 2 fully saturated rings. The lowest BCUT2D eigenvalue weighted by Gasteiger charge is -1.96. The standard InChI is InChI=1S/C17H13BrO3/c18-12-8-4-7-11(9-12)15-17(21-15)13(19)16-14(20-16)10-5-2-1-3-6-10/h1-9,14-17H/t14-,15+,16-,17-/m0/s1. The molecule has 2 heterocycles. The van der Waals surface area contributed by atoms with Gasteiger partial charge in [0, 0.05) is 4.47 Å². The predicted molar refractivity (Wildman–Crippen MR) is 80.8 cm³/mol. The fraction of sp³-hybridized carbons (Fsp3) is 0.235. The van der Waals surface area contributed by atoms with Gasteiger partial charge < -0.3 is 9.47 Å². The second-order valence-electron chi connectivity index (χ2n) is 5.32. The first-order valence-electron chi connectivity index (χ1n) is 6.89. The van der Waals surface area contributed by atoms with E-state index in [0.717, 1.165) is 15.6 Å². The molecular formula is C17H13BrO3. The maximum Gasteiger partial charge on any atom is 0.196 e. The summed E-state index contributed by atoms with van der Waals surface area (Å²) < 4.78 is 12.1. The van der Waals surface area contributed by atoms with Crippen LogP contribution >= 0.6 is 15.9 Å². The van der Waals surface area contributed by atoms with Gasteiger partial charge in [0.2, 0.25) is 0 Å². The van der Waals surface area contributed by atoms with Gasteiger partial charge in [-0.05, 0) is 23.3 Å². The number of halogens is 1. The fourth-order valence-electron chi connectivity index (χ4n) is 2.65. The average molecular weight is 345 g/mol. The second-order valence-corrected chi connectivity index (χ2v) is 6.24. The van der Waals surface area contributed by atoms with Crippen molar-refractivity contribution in [3.05, 3.63) is 70.2 Å². The van der Waals surface area contributed by atoms with E-state index in [1.165, 1.54) is 0 Å². The van der Waals surface area contributed by atoms with E-state index in [1.807, 2.05) is 54.6 Å². The molecule has 0 unspecified atom stereocenters. The Labute approximate surface area is 131 Å². The maximum absolute atomic E-state index is 12.4. The normalized spacial score (nSPS) is 30.0. The number of hydrogen-bond donors (Lipinski definition) is 0. The zero-order valence-electron chi connectivity index (χ0n) is 11.1. The Kier molecular flexibility index (Phi) is 3.17. The highest BCUT2D eigenvalue weighted by molar-refractivity contribution is 9.10. The van der Waals surface area contributed by atoms with Gasteiger partial charge in [-0.1, -0.05) is 58.4 Å². The summed E-state index contributed by atoms with van der Waals surface area (Å²) in [5.74, 6) is 0.0498. The molecule has 0 amide bonds. The molecule has 4 atom stereocenters. The van der Waals surface area contributed by atoms with Crippen molar-refractivity contribution in [2.45, 2.75) is 24.4 Å². The van der Waals surface area contributed by atoms with Crippen molar-refractivity contribution in [2.24, 2.45) is 0 Å². The fourth-order valence-corrected chi connectivity index (χ4v) is 3.07. The van der Waals surface area contributed by atoms with Gasteiger partial charge in [0.25, 0.3) is 0 Å². The van der Waals surface area contributed by atoms with Crippen molar-refractivity contribution < 1.29 is 14.3 Å². The molecule has 4 rings (SSSR count). The highest BCUT2D eigenvalue weighted by Gasteiger charge is 2.56. The van der Waals surface area contributed by atoms with Crippen molar-refractivity contribution in [2.75, 3.05) is 0 Å². The zero-order chi connectivity index (χ0) is 14.4. The predicted octanol–water partition coefficient (Wildman–Crippen LogP) is 3.60. The van der Waals surface area contributed by atoms with E-state index in [9.17, 15) is 4.79 Å². The molecule has 3 nitrogen and oxygen atoms in total. The van der Waals surface area contributed by atoms with Crippen LogP contribution in [0.3, 0.4) is 0 Å². The lowest BCUT2D eigenvalue weighted by molar-refractivity contribution is -0.121. The lowest BCUT2D eigenvalue weighted by Crippen LogP contribution is -2.15. The van der Waals surface area contributed by atoms with E-state index in [1.54, 1.807) is 0 Å². The van der Waals surface area contributed by atoms with Crippen LogP contribution in [-0.2, 0) is 14.3 Å². The molecule has 2 aromatic carbocycles. The van der Waals surface area contributed by atoms with Gasteiger partial charge in [0.1, 0.15) is 24.4 Å². The minimum Gasteiger partial charge on any atom is -0.356 e. The van der Waals surface area contributed by atoms with Crippen LogP contribution in [0.1, 0.15) is 23.3 Å². The van der Waals surface area contributed by atoms with E-state index in [-0.39, 0.29) is 30.2 Å². The first-order chi connectivity index (χ1) is 10.2. The van der Waals surface area contributed by atoms with E-state index in [0.29, 0.717) is 0 Å². The zero-order valence-corrected chi connectivity index (χ0v) is 12.7. The third-order valence-corrected chi connectivity index (χ3v) is 4.34. The van der Waals surface area contributed by atoms with E-state index in [4.69, 9.17) is 9.47 Å². The number of hydrogen-bond acceptors (Lipinski definition) is 3. The largest absolute Gasteiger partial charge is 0.356 e. The summed E-state index contributed by atoms with van der Waals surface area (Å²) in [6, 6.07) is 17.7. The van der Waals surface area contributed by atoms with Crippen molar-refractivity contribution in [1.29, 1.82) is 0 Å². The number of Topliss-reactive ketones (excluding diaryl/α,β-unsaturated/α-hetero) is 1. The lowest BCUT2D eigenvalue weighted by atomic mass is 10.0. The van der Waals surface area contributed by atoms with Crippen molar-refractivity contribution in [3.63, 3.8) is 0 Å². The van der Waals surface area contributed by atoms with Crippen LogP contribution in [0.4, 0.5) is 0 Å². The average Bonchev–Trinajstić information content (AvgIpc) is 3.39. The molecule has 0 saturated carbocycles. The number of benzene rings is 2. The van der Waals surface area contributed by atoms with Crippen LogP contribution in [0.2, 0.25) is 0 Å². The summed E-state index contributed by atoms with van der Waals surface area (Å²) in [5.41, 5.74) is 2.08. The first-order valence-corrected chi connectivity index (χ1v) is 7.68. The molecule has 2 aliphatic rings. The molecule has 2 aliphatic heterocycles. The van der Waals surface area contributed by atoms with Crippen LogP contribution < -0.4 is 0 Å². The molecule has 0 aliphatic carbocycles. The van der Waals surface area contributed by atoms with Gasteiger partial charge in [-0.2, -0.15) is 0 Å². The van der Waals surface area contributed by atoms with Gasteiger partial charge in [-0.15, -0.1) is 0 Å². The third-order valence-electron chi connectivity index (χ3n) is 3.85. The summed E-state index contributed by atoms with van der Waals surface area (Å²) in [4.78, 5) is 12.4. The first kappa shape index (κ1) is 13.2. The van der Waals surface area contributed by atoms with Crippen molar-refractivity contribution >= 4 is 21.7 Å². The van der Waals surface area contributed by atoms with Crippen LogP contribution in [0.15, 0.2) is 59.1 Å². The van der Waals surface area contributed by atoms with Gasteiger partial charge >= 0.3 is 0 Å². The molecule has 2 saturated heterocycles. The molecular weight excluding hydrogens is 332 g/mol. The maximum atomic E-state index is 12.4. The highest BCUT2D eigenvalue weighted by atomic mass is 79.9. The molecule has 2 aromatic rings. The van der Waals surface area contributed by atoms with Crippen LogP contribution in [0, 0.1) is 0 Å². The monoisotopic (exact) mass is 344 g/mol. The number of ether oxygens (including phenoxy) is 2. The summed E-state index contributed by atoms with van der Waals surface area (Å²) >= 11 is 3.43.